The normalized spacial score (nSPS) is 12.8. The summed E-state index contributed by atoms with van der Waals surface area (Å²) < 4.78 is 3.03. The molecule has 2 N–H and O–H groups in total. The molecule has 0 amide bonds. The van der Waals surface area contributed by atoms with Crippen LogP contribution in [0.4, 0.5) is 0 Å². The van der Waals surface area contributed by atoms with E-state index in [0.29, 0.717) is 6.04 Å². The Morgan fingerprint density at radius 3 is 2.90 bits per heavy atom. The molecule has 0 aliphatic carbocycles. The van der Waals surface area contributed by atoms with Crippen LogP contribution in [0, 0.1) is 0 Å². The molecule has 6 heteroatoms. The Hall–Kier alpha value is -0.850. The minimum Gasteiger partial charge on any atom is -0.327 e. The van der Waals surface area contributed by atoms with Gasteiger partial charge in [0, 0.05) is 33.6 Å². The highest BCUT2D eigenvalue weighted by Gasteiger charge is 2.12. The first kappa shape index (κ1) is 15.5. The van der Waals surface area contributed by atoms with Gasteiger partial charge in [0.05, 0.1) is 0 Å². The summed E-state index contributed by atoms with van der Waals surface area (Å²) in [7, 11) is 0. The predicted molar refractivity (Wildman–Crippen MR) is 87.0 cm³/mol. The smallest absolute Gasteiger partial charge is 0.138 e. The maximum absolute atomic E-state index is 6.21. The summed E-state index contributed by atoms with van der Waals surface area (Å²) in [6.45, 7) is 4.19. The Balaban J connectivity index is 1.89. The second-order valence-electron chi connectivity index (χ2n) is 4.95. The number of benzene rings is 1. The van der Waals surface area contributed by atoms with Gasteiger partial charge in [-0.1, -0.05) is 22.0 Å². The number of thioether (sulfide) groups is 1. The van der Waals surface area contributed by atoms with Gasteiger partial charge in [-0.3, -0.25) is 0 Å². The van der Waals surface area contributed by atoms with E-state index in [0.717, 1.165) is 22.5 Å². The third-order valence-corrected chi connectivity index (χ3v) is 4.52. The number of nitrogens with two attached hydrogens (primary N) is 1. The lowest BCUT2D eigenvalue weighted by atomic mass is 10.2. The van der Waals surface area contributed by atoms with E-state index in [9.17, 15) is 0 Å². The minimum absolute atomic E-state index is 0.0701. The number of nitrogens with zero attached hydrogens (tertiary/aromatic N) is 3. The molecule has 0 saturated carbocycles. The van der Waals surface area contributed by atoms with E-state index >= 15 is 0 Å². The third-order valence-electron chi connectivity index (χ3n) is 2.84. The van der Waals surface area contributed by atoms with Gasteiger partial charge in [-0.2, -0.15) is 5.10 Å². The molecule has 20 heavy (non-hydrogen) atoms. The van der Waals surface area contributed by atoms with E-state index in [1.807, 2.05) is 16.8 Å². The molecular formula is C14H19BrN4S. The van der Waals surface area contributed by atoms with Crippen LogP contribution in [0.25, 0.3) is 0 Å². The molecule has 1 atom stereocenters. The predicted octanol–water partition coefficient (Wildman–Crippen LogP) is 3.28. The zero-order valence-electron chi connectivity index (χ0n) is 11.7. The number of aromatic nitrogens is 3. The molecule has 0 saturated heterocycles. The van der Waals surface area contributed by atoms with Gasteiger partial charge in [0.25, 0.3) is 0 Å². The number of hydrogen-bond acceptors (Lipinski definition) is 4. The summed E-state index contributed by atoms with van der Waals surface area (Å²) in [6.07, 6.45) is 2.35. The lowest BCUT2D eigenvalue weighted by Crippen LogP contribution is -2.27. The van der Waals surface area contributed by atoms with Gasteiger partial charge in [-0.25, -0.2) is 9.67 Å². The van der Waals surface area contributed by atoms with Crippen LogP contribution < -0.4 is 5.73 Å². The molecular weight excluding hydrogens is 336 g/mol. The molecule has 1 aromatic heterocycles. The first-order valence-electron chi connectivity index (χ1n) is 6.58. The van der Waals surface area contributed by atoms with Crippen molar-refractivity contribution in [3.63, 3.8) is 0 Å². The first-order chi connectivity index (χ1) is 9.56. The standard InChI is InChI=1S/C14H19BrN4S/c1-10(2)19-14(17-9-18-19)7-12(16)8-20-13-5-3-4-11(15)6-13/h3-6,9-10,12H,7-8,16H2,1-2H3. The second kappa shape index (κ2) is 7.24. The Bertz CT molecular complexity index is 556. The van der Waals surface area contributed by atoms with Gasteiger partial charge < -0.3 is 5.73 Å². The van der Waals surface area contributed by atoms with Crippen molar-refractivity contribution in [2.75, 3.05) is 5.75 Å². The minimum atomic E-state index is 0.0701. The van der Waals surface area contributed by atoms with Crippen molar-refractivity contribution in [2.24, 2.45) is 5.73 Å². The fraction of sp³-hybridized carbons (Fsp3) is 0.429. The van der Waals surface area contributed by atoms with Crippen LogP contribution in [0.5, 0.6) is 0 Å². The van der Waals surface area contributed by atoms with Gasteiger partial charge in [0.15, 0.2) is 0 Å². The lowest BCUT2D eigenvalue weighted by Gasteiger charge is -2.13. The molecule has 1 heterocycles. The highest BCUT2D eigenvalue weighted by atomic mass is 79.9. The summed E-state index contributed by atoms with van der Waals surface area (Å²) in [5.74, 6) is 1.82. The van der Waals surface area contributed by atoms with Crippen LogP contribution in [0.2, 0.25) is 0 Å². The van der Waals surface area contributed by atoms with E-state index in [1.165, 1.54) is 4.90 Å². The van der Waals surface area contributed by atoms with Crippen LogP contribution in [-0.2, 0) is 6.42 Å². The van der Waals surface area contributed by atoms with Crippen molar-refractivity contribution in [2.45, 2.75) is 37.2 Å². The average molecular weight is 355 g/mol. The zero-order chi connectivity index (χ0) is 14.5. The summed E-state index contributed by atoms with van der Waals surface area (Å²) in [5.41, 5.74) is 6.21. The highest BCUT2D eigenvalue weighted by molar-refractivity contribution is 9.10. The number of rotatable bonds is 6. The molecule has 0 spiro atoms. The SMILES string of the molecule is CC(C)n1ncnc1CC(N)CSc1cccc(Br)c1. The largest absolute Gasteiger partial charge is 0.327 e. The van der Waals surface area contributed by atoms with Crippen LogP contribution >= 0.6 is 27.7 Å². The van der Waals surface area contributed by atoms with E-state index in [-0.39, 0.29) is 6.04 Å². The van der Waals surface area contributed by atoms with E-state index < -0.39 is 0 Å². The van der Waals surface area contributed by atoms with Crippen LogP contribution in [0.1, 0.15) is 25.7 Å². The van der Waals surface area contributed by atoms with Crippen molar-refractivity contribution < 1.29 is 0 Å². The molecule has 2 aromatic rings. The van der Waals surface area contributed by atoms with Crippen molar-refractivity contribution >= 4 is 27.7 Å². The highest BCUT2D eigenvalue weighted by Crippen LogP contribution is 2.22. The van der Waals surface area contributed by atoms with Crippen molar-refractivity contribution in [3.05, 3.63) is 40.9 Å². The molecule has 0 fully saturated rings. The van der Waals surface area contributed by atoms with E-state index in [2.05, 4.69) is 52.0 Å². The topological polar surface area (TPSA) is 56.7 Å². The zero-order valence-corrected chi connectivity index (χ0v) is 14.1. The fourth-order valence-electron chi connectivity index (χ4n) is 1.90. The molecule has 0 radical (unpaired) electrons. The van der Waals surface area contributed by atoms with Crippen molar-refractivity contribution in [1.29, 1.82) is 0 Å². The van der Waals surface area contributed by atoms with E-state index in [1.54, 1.807) is 18.1 Å². The molecule has 0 aliphatic rings. The van der Waals surface area contributed by atoms with Crippen LogP contribution in [-0.4, -0.2) is 26.6 Å². The average Bonchev–Trinajstić information content (AvgIpc) is 2.85. The maximum Gasteiger partial charge on any atom is 0.138 e. The summed E-state index contributed by atoms with van der Waals surface area (Å²) in [5, 5.41) is 4.24. The quantitative estimate of drug-likeness (QED) is 0.808. The number of hydrogen-bond donors (Lipinski definition) is 1. The van der Waals surface area contributed by atoms with Gasteiger partial charge in [-0.15, -0.1) is 11.8 Å². The Kier molecular flexibility index (Phi) is 5.63. The van der Waals surface area contributed by atoms with Crippen LogP contribution in [0.15, 0.2) is 40.0 Å². The summed E-state index contributed by atoms with van der Waals surface area (Å²) >= 11 is 5.24. The molecule has 2 rings (SSSR count). The van der Waals surface area contributed by atoms with Crippen molar-refractivity contribution in [3.8, 4) is 0 Å². The molecule has 4 nitrogen and oxygen atoms in total. The Labute approximate surface area is 132 Å². The van der Waals surface area contributed by atoms with E-state index in [4.69, 9.17) is 5.73 Å². The second-order valence-corrected chi connectivity index (χ2v) is 6.96. The number of halogens is 1. The molecule has 1 unspecified atom stereocenters. The Morgan fingerprint density at radius 2 is 2.20 bits per heavy atom. The fourth-order valence-corrected chi connectivity index (χ4v) is 3.37. The lowest BCUT2D eigenvalue weighted by molar-refractivity contribution is 0.496. The molecule has 0 bridgehead atoms. The van der Waals surface area contributed by atoms with Crippen LogP contribution in [0.3, 0.4) is 0 Å². The monoisotopic (exact) mass is 354 g/mol. The third kappa shape index (κ3) is 4.33. The van der Waals surface area contributed by atoms with Crippen molar-refractivity contribution in [1.82, 2.24) is 14.8 Å². The molecule has 0 aliphatic heterocycles. The summed E-state index contributed by atoms with van der Waals surface area (Å²) in [4.78, 5) is 5.52. The summed E-state index contributed by atoms with van der Waals surface area (Å²) in [6, 6.07) is 8.65. The Morgan fingerprint density at radius 1 is 1.40 bits per heavy atom. The maximum atomic E-state index is 6.21. The first-order valence-corrected chi connectivity index (χ1v) is 8.36. The molecule has 108 valence electrons. The van der Waals surface area contributed by atoms with Gasteiger partial charge >= 0.3 is 0 Å². The van der Waals surface area contributed by atoms with Gasteiger partial charge in [0.1, 0.15) is 12.2 Å². The van der Waals surface area contributed by atoms with Gasteiger partial charge in [0.2, 0.25) is 0 Å². The van der Waals surface area contributed by atoms with Gasteiger partial charge in [-0.05, 0) is 32.0 Å². The molecule has 1 aromatic carbocycles.